The molecule has 1 unspecified atom stereocenters. The second kappa shape index (κ2) is 8.18. The molecule has 0 aromatic rings. The van der Waals surface area contributed by atoms with Gasteiger partial charge in [-0.25, -0.2) is 0 Å². The molecule has 5 nitrogen and oxygen atoms in total. The van der Waals surface area contributed by atoms with E-state index in [1.807, 2.05) is 20.8 Å². The van der Waals surface area contributed by atoms with Crippen LogP contribution in [0.3, 0.4) is 0 Å². The van der Waals surface area contributed by atoms with Crippen molar-refractivity contribution in [1.29, 1.82) is 0 Å². The van der Waals surface area contributed by atoms with Gasteiger partial charge in [0.25, 0.3) is 5.95 Å². The van der Waals surface area contributed by atoms with Gasteiger partial charge in [-0.2, -0.15) is 0 Å². The molecule has 0 aliphatic rings. The standard InChI is InChI=1S/C13H30O5Si2/c1-10-12(20(14-4,15-5)16-6)17-13(11(2)3)18-19(7,8)9/h12H,10H2,1-9H3. The number of hydrogen-bond acceptors (Lipinski definition) is 5. The minimum atomic E-state index is -2.85. The zero-order chi connectivity index (χ0) is 16.0. The van der Waals surface area contributed by atoms with Gasteiger partial charge in [-0.15, -0.1) is 0 Å². The molecule has 0 heterocycles. The molecule has 0 saturated carbocycles. The predicted molar refractivity (Wildman–Crippen MR) is 84.8 cm³/mol. The summed E-state index contributed by atoms with van der Waals surface area (Å²) in [4.78, 5) is 0. The van der Waals surface area contributed by atoms with Crippen LogP contribution in [-0.4, -0.2) is 44.2 Å². The summed E-state index contributed by atoms with van der Waals surface area (Å²) in [5.74, 6) is 0.569. The Labute approximate surface area is 125 Å². The van der Waals surface area contributed by atoms with Gasteiger partial charge in [0.15, 0.2) is 5.73 Å². The highest BCUT2D eigenvalue weighted by atomic mass is 28.4. The molecule has 0 aromatic heterocycles. The summed E-state index contributed by atoms with van der Waals surface area (Å²) in [5.41, 5.74) is 0.709. The van der Waals surface area contributed by atoms with Gasteiger partial charge in [0.2, 0.25) is 8.32 Å². The molecule has 0 saturated heterocycles. The molecule has 0 spiro atoms. The maximum absolute atomic E-state index is 6.05. The fraction of sp³-hybridized carbons (Fsp3) is 0.846. The van der Waals surface area contributed by atoms with Gasteiger partial charge in [0.1, 0.15) is 0 Å². The van der Waals surface area contributed by atoms with E-state index in [-0.39, 0.29) is 5.73 Å². The SMILES string of the molecule is CCC(OC(O[Si](C)(C)C)=C(C)C)[Si](OC)(OC)OC. The van der Waals surface area contributed by atoms with Crippen LogP contribution in [0.1, 0.15) is 27.2 Å². The monoisotopic (exact) mass is 322 g/mol. The first-order valence-corrected chi connectivity index (χ1v) is 12.0. The highest BCUT2D eigenvalue weighted by Gasteiger charge is 2.49. The van der Waals surface area contributed by atoms with Crippen molar-refractivity contribution in [2.45, 2.75) is 52.6 Å². The Bertz CT molecular complexity index is 309. The fourth-order valence-corrected chi connectivity index (χ4v) is 4.55. The van der Waals surface area contributed by atoms with Gasteiger partial charge < -0.3 is 22.4 Å². The van der Waals surface area contributed by atoms with Gasteiger partial charge in [-0.1, -0.05) is 6.92 Å². The number of hydrogen-bond donors (Lipinski definition) is 0. The molecule has 0 aliphatic carbocycles. The summed E-state index contributed by atoms with van der Waals surface area (Å²) in [6.07, 6.45) is 0.716. The van der Waals surface area contributed by atoms with Gasteiger partial charge in [-0.3, -0.25) is 0 Å². The first-order chi connectivity index (χ1) is 9.15. The molecular weight excluding hydrogens is 292 g/mol. The van der Waals surface area contributed by atoms with Gasteiger partial charge in [-0.05, 0) is 39.9 Å². The van der Waals surface area contributed by atoms with Crippen molar-refractivity contribution in [3.05, 3.63) is 11.5 Å². The van der Waals surface area contributed by atoms with E-state index in [1.165, 1.54) is 0 Å². The van der Waals surface area contributed by atoms with Crippen molar-refractivity contribution >= 4 is 17.1 Å². The van der Waals surface area contributed by atoms with Gasteiger partial charge in [0, 0.05) is 26.9 Å². The molecule has 120 valence electrons. The Morgan fingerprint density at radius 1 is 0.950 bits per heavy atom. The molecule has 0 bridgehead atoms. The molecule has 20 heavy (non-hydrogen) atoms. The lowest BCUT2D eigenvalue weighted by Gasteiger charge is -2.34. The van der Waals surface area contributed by atoms with Crippen molar-refractivity contribution in [2.24, 2.45) is 0 Å². The van der Waals surface area contributed by atoms with Crippen molar-refractivity contribution in [1.82, 2.24) is 0 Å². The van der Waals surface area contributed by atoms with Crippen LogP contribution in [0.25, 0.3) is 0 Å². The first kappa shape index (κ1) is 19.7. The summed E-state index contributed by atoms with van der Waals surface area (Å²) < 4.78 is 28.6. The van der Waals surface area contributed by atoms with Crippen LogP contribution >= 0.6 is 0 Å². The molecule has 0 amide bonds. The average Bonchev–Trinajstić information content (AvgIpc) is 2.36. The van der Waals surface area contributed by atoms with E-state index in [0.717, 1.165) is 5.57 Å². The van der Waals surface area contributed by atoms with Crippen LogP contribution in [0.2, 0.25) is 19.6 Å². The molecule has 0 aliphatic heterocycles. The first-order valence-electron chi connectivity index (χ1n) is 6.84. The fourth-order valence-electron chi connectivity index (χ4n) is 1.70. The molecule has 0 aromatic carbocycles. The number of allylic oxidation sites excluding steroid dienone is 1. The summed E-state index contributed by atoms with van der Waals surface area (Å²) in [7, 11) is 0.176. The minimum absolute atomic E-state index is 0.288. The van der Waals surface area contributed by atoms with Crippen LogP contribution in [0.4, 0.5) is 0 Å². The summed E-state index contributed by atoms with van der Waals surface area (Å²) in [6, 6.07) is 0. The Morgan fingerprint density at radius 2 is 1.40 bits per heavy atom. The minimum Gasteiger partial charge on any atom is -0.520 e. The van der Waals surface area contributed by atoms with E-state index < -0.39 is 17.1 Å². The zero-order valence-electron chi connectivity index (χ0n) is 14.3. The quantitative estimate of drug-likeness (QED) is 0.481. The third-order valence-corrected chi connectivity index (χ3v) is 6.49. The maximum Gasteiger partial charge on any atom is 0.543 e. The third-order valence-electron chi connectivity index (χ3n) is 2.68. The van der Waals surface area contributed by atoms with E-state index in [9.17, 15) is 0 Å². The molecule has 0 N–H and O–H groups in total. The van der Waals surface area contributed by atoms with E-state index >= 15 is 0 Å². The zero-order valence-corrected chi connectivity index (χ0v) is 16.3. The second-order valence-corrected chi connectivity index (χ2v) is 13.2. The highest BCUT2D eigenvalue weighted by molar-refractivity contribution is 6.70. The van der Waals surface area contributed by atoms with Gasteiger partial charge >= 0.3 is 8.80 Å². The lowest BCUT2D eigenvalue weighted by atomic mass is 10.4. The Hall–Kier alpha value is -0.346. The Balaban J connectivity index is 5.23. The van der Waals surface area contributed by atoms with E-state index in [4.69, 9.17) is 22.4 Å². The number of ether oxygens (including phenoxy) is 1. The maximum atomic E-state index is 6.05. The molecule has 0 rings (SSSR count). The van der Waals surface area contributed by atoms with Crippen LogP contribution in [-0.2, 0) is 22.4 Å². The lowest BCUT2D eigenvalue weighted by molar-refractivity contribution is 0.00473. The summed E-state index contributed by atoms with van der Waals surface area (Å²) >= 11 is 0. The topological polar surface area (TPSA) is 46.2 Å². The van der Waals surface area contributed by atoms with Crippen molar-refractivity contribution in [3.8, 4) is 0 Å². The average molecular weight is 323 g/mol. The molecule has 1 atom stereocenters. The predicted octanol–water partition coefficient (Wildman–Crippen LogP) is 3.30. The van der Waals surface area contributed by atoms with Gasteiger partial charge in [0.05, 0.1) is 0 Å². The molecule has 0 fully saturated rings. The molecular formula is C13H30O5Si2. The van der Waals surface area contributed by atoms with Crippen molar-refractivity contribution in [2.75, 3.05) is 21.3 Å². The van der Waals surface area contributed by atoms with E-state index in [0.29, 0.717) is 12.4 Å². The van der Waals surface area contributed by atoms with Crippen LogP contribution in [0.15, 0.2) is 11.5 Å². The third kappa shape index (κ3) is 5.57. The lowest BCUT2D eigenvalue weighted by Crippen LogP contribution is -2.55. The van der Waals surface area contributed by atoms with Crippen molar-refractivity contribution < 1.29 is 22.4 Å². The largest absolute Gasteiger partial charge is 0.543 e. The molecule has 7 heteroatoms. The molecule has 0 radical (unpaired) electrons. The van der Waals surface area contributed by atoms with E-state index in [2.05, 4.69) is 19.6 Å². The van der Waals surface area contributed by atoms with E-state index in [1.54, 1.807) is 21.3 Å². The summed E-state index contributed by atoms with van der Waals surface area (Å²) in [5, 5.41) is 0. The van der Waals surface area contributed by atoms with Crippen molar-refractivity contribution in [3.63, 3.8) is 0 Å². The van der Waals surface area contributed by atoms with Crippen LogP contribution in [0.5, 0.6) is 0 Å². The van der Waals surface area contributed by atoms with Crippen LogP contribution < -0.4 is 0 Å². The highest BCUT2D eigenvalue weighted by Crippen LogP contribution is 2.24. The van der Waals surface area contributed by atoms with Crippen LogP contribution in [0, 0.1) is 0 Å². The Morgan fingerprint density at radius 3 is 1.65 bits per heavy atom. The normalized spacial score (nSPS) is 13.8. The second-order valence-electron chi connectivity index (χ2n) is 5.73. The Kier molecular flexibility index (Phi) is 8.04. The smallest absolute Gasteiger partial charge is 0.520 e. The number of rotatable bonds is 9. The summed E-state index contributed by atoms with van der Waals surface area (Å²) in [6.45, 7) is 12.3.